The lowest BCUT2D eigenvalue weighted by Crippen LogP contribution is -2.29. The van der Waals surface area contributed by atoms with Crippen LogP contribution < -0.4 is 11.3 Å². The molecule has 8 nitrogen and oxygen atoms in total. The Morgan fingerprint density at radius 1 is 1.30 bits per heavy atom. The molecule has 1 aliphatic heterocycles. The van der Waals surface area contributed by atoms with Crippen molar-refractivity contribution in [3.8, 4) is 6.07 Å². The van der Waals surface area contributed by atoms with Gasteiger partial charge < -0.3 is 24.9 Å². The zero-order chi connectivity index (χ0) is 22.0. The highest BCUT2D eigenvalue weighted by Gasteiger charge is 2.38. The normalized spacial score (nSPS) is 16.4. The molecule has 0 saturated carbocycles. The summed E-state index contributed by atoms with van der Waals surface area (Å²) in [5.74, 6) is -1.67. The number of aryl methyl sites for hydroxylation is 2. The number of hydrogen-bond acceptors (Lipinski definition) is 7. The van der Waals surface area contributed by atoms with Crippen molar-refractivity contribution in [1.29, 1.82) is 5.26 Å². The number of fused-ring (bicyclic) bond motifs is 1. The van der Waals surface area contributed by atoms with E-state index in [1.807, 2.05) is 32.0 Å². The van der Waals surface area contributed by atoms with Crippen LogP contribution in [0.4, 0.5) is 0 Å². The Morgan fingerprint density at radius 2 is 2.03 bits per heavy atom. The van der Waals surface area contributed by atoms with Gasteiger partial charge in [-0.1, -0.05) is 12.1 Å². The minimum Gasteiger partial charge on any atom is -0.460 e. The van der Waals surface area contributed by atoms with Crippen molar-refractivity contribution in [1.82, 2.24) is 4.98 Å². The van der Waals surface area contributed by atoms with Gasteiger partial charge in [0.05, 0.1) is 23.6 Å². The van der Waals surface area contributed by atoms with E-state index in [1.165, 1.54) is 7.11 Å². The maximum Gasteiger partial charge on any atom is 0.338 e. The number of methoxy groups -OCH3 is 1. The molecule has 3 rings (SSSR count). The lowest BCUT2D eigenvalue weighted by atomic mass is 9.83. The Hall–Kier alpha value is -3.57. The van der Waals surface area contributed by atoms with Gasteiger partial charge in [-0.15, -0.1) is 0 Å². The number of H-pyrrole nitrogens is 1. The van der Waals surface area contributed by atoms with Gasteiger partial charge in [-0.05, 0) is 43.4 Å². The third-order valence-corrected chi connectivity index (χ3v) is 5.24. The number of nitriles is 1. The molecule has 0 bridgehead atoms. The van der Waals surface area contributed by atoms with Crippen LogP contribution in [0.5, 0.6) is 0 Å². The second kappa shape index (κ2) is 8.43. The van der Waals surface area contributed by atoms with Gasteiger partial charge >= 0.3 is 5.97 Å². The predicted molar refractivity (Wildman–Crippen MR) is 110 cm³/mol. The number of esters is 1. The fraction of sp³-hybridized carbons (Fsp3) is 0.318. The fourth-order valence-corrected chi connectivity index (χ4v) is 3.51. The van der Waals surface area contributed by atoms with Gasteiger partial charge in [-0.3, -0.25) is 4.79 Å². The first kappa shape index (κ1) is 21.1. The molecule has 0 saturated heterocycles. The van der Waals surface area contributed by atoms with Crippen LogP contribution in [0.25, 0.3) is 10.9 Å². The summed E-state index contributed by atoms with van der Waals surface area (Å²) in [6, 6.07) is 7.48. The van der Waals surface area contributed by atoms with E-state index in [2.05, 4.69) is 4.98 Å². The third kappa shape index (κ3) is 3.67. The van der Waals surface area contributed by atoms with Crippen molar-refractivity contribution in [3.05, 3.63) is 68.0 Å². The first-order chi connectivity index (χ1) is 14.3. The summed E-state index contributed by atoms with van der Waals surface area (Å²) in [4.78, 5) is 28.7. The average molecular weight is 409 g/mol. The Morgan fingerprint density at radius 3 is 2.70 bits per heavy atom. The topological polar surface area (TPSA) is 127 Å². The molecule has 0 aliphatic carbocycles. The summed E-state index contributed by atoms with van der Waals surface area (Å²) in [6.45, 7) is 5.65. The largest absolute Gasteiger partial charge is 0.460 e. The number of nitrogens with zero attached hydrogens (tertiary/aromatic N) is 1. The lowest BCUT2D eigenvalue weighted by molar-refractivity contribution is -0.140. The Bertz CT molecular complexity index is 1180. The van der Waals surface area contributed by atoms with E-state index in [9.17, 15) is 14.9 Å². The summed E-state index contributed by atoms with van der Waals surface area (Å²) < 4.78 is 15.6. The molecule has 30 heavy (non-hydrogen) atoms. The van der Waals surface area contributed by atoms with E-state index in [0.29, 0.717) is 5.52 Å². The van der Waals surface area contributed by atoms with E-state index in [1.54, 1.807) is 13.0 Å². The molecule has 1 aromatic carbocycles. The predicted octanol–water partition coefficient (Wildman–Crippen LogP) is 2.42. The molecule has 156 valence electrons. The molecule has 3 N–H and O–H groups in total. The monoisotopic (exact) mass is 409 g/mol. The first-order valence-corrected chi connectivity index (χ1v) is 9.37. The van der Waals surface area contributed by atoms with Crippen molar-refractivity contribution in [2.45, 2.75) is 26.7 Å². The Labute approximate surface area is 173 Å². The van der Waals surface area contributed by atoms with E-state index >= 15 is 0 Å². The van der Waals surface area contributed by atoms with E-state index in [0.717, 1.165) is 16.5 Å². The van der Waals surface area contributed by atoms with Crippen molar-refractivity contribution < 1.29 is 19.0 Å². The zero-order valence-electron chi connectivity index (χ0n) is 17.3. The average Bonchev–Trinajstić information content (AvgIpc) is 2.70. The highest BCUT2D eigenvalue weighted by molar-refractivity contribution is 5.93. The number of ether oxygens (including phenoxy) is 3. The number of rotatable bonds is 5. The second-order valence-electron chi connectivity index (χ2n) is 7.05. The number of allylic oxidation sites excluding steroid dienone is 2. The van der Waals surface area contributed by atoms with Crippen molar-refractivity contribution in [2.75, 3.05) is 20.3 Å². The molecule has 0 radical (unpaired) electrons. The molecule has 1 aromatic heterocycles. The molecule has 2 heterocycles. The van der Waals surface area contributed by atoms with E-state index in [-0.39, 0.29) is 41.6 Å². The van der Waals surface area contributed by atoms with Crippen LogP contribution >= 0.6 is 0 Å². The van der Waals surface area contributed by atoms with Crippen LogP contribution in [-0.2, 0) is 19.0 Å². The number of benzene rings is 1. The van der Waals surface area contributed by atoms with Gasteiger partial charge in [0.25, 0.3) is 5.56 Å². The van der Waals surface area contributed by atoms with Crippen LogP contribution in [0, 0.1) is 25.2 Å². The summed E-state index contributed by atoms with van der Waals surface area (Å²) in [7, 11) is 1.49. The number of hydrogen-bond donors (Lipinski definition) is 2. The lowest BCUT2D eigenvalue weighted by Gasteiger charge is -2.26. The number of nitrogens with two attached hydrogens (primary N) is 1. The first-order valence-electron chi connectivity index (χ1n) is 9.37. The number of carbonyl (C=O) groups excluding carboxylic acids is 1. The molecule has 0 unspecified atom stereocenters. The SMILES string of the molecule is COCCOC(=O)C1=C(C)OC(N)=C(C#N)[C@@H]1c1cc2ccc(C)c(C)c2[nH]c1=O. The molecule has 8 heteroatoms. The maximum atomic E-state index is 13.0. The van der Waals surface area contributed by atoms with Gasteiger partial charge in [0.2, 0.25) is 5.88 Å². The van der Waals surface area contributed by atoms with Crippen molar-refractivity contribution >= 4 is 16.9 Å². The van der Waals surface area contributed by atoms with Crippen LogP contribution in [0.3, 0.4) is 0 Å². The summed E-state index contributed by atoms with van der Waals surface area (Å²) >= 11 is 0. The van der Waals surface area contributed by atoms with Crippen LogP contribution in [0.1, 0.15) is 29.5 Å². The highest BCUT2D eigenvalue weighted by atomic mass is 16.6. The Kier molecular flexibility index (Phi) is 5.94. The fourth-order valence-electron chi connectivity index (χ4n) is 3.51. The van der Waals surface area contributed by atoms with E-state index < -0.39 is 17.4 Å². The number of aromatic amines is 1. The molecular weight excluding hydrogens is 386 g/mol. The zero-order valence-corrected chi connectivity index (χ0v) is 17.3. The smallest absolute Gasteiger partial charge is 0.338 e. The van der Waals surface area contributed by atoms with Gasteiger partial charge in [-0.25, -0.2) is 4.79 Å². The summed E-state index contributed by atoms with van der Waals surface area (Å²) in [5.41, 5.74) is 8.44. The second-order valence-corrected chi connectivity index (χ2v) is 7.05. The standard InChI is InChI=1S/C22H23N3O5/c1-11-5-6-14-9-15(21(26)25-19(14)12(11)2)18-16(10-23)20(24)30-13(3)17(18)22(27)29-8-7-28-4/h5-6,9,18H,7-8,24H2,1-4H3,(H,25,26)/t18-/m0/s1. The molecule has 0 amide bonds. The van der Waals surface area contributed by atoms with Crippen molar-refractivity contribution in [2.24, 2.45) is 5.73 Å². The number of pyridine rings is 1. The molecule has 1 aliphatic rings. The van der Waals surface area contributed by atoms with Gasteiger partial charge in [0.1, 0.15) is 24.0 Å². The van der Waals surface area contributed by atoms with Gasteiger partial charge in [0.15, 0.2) is 0 Å². The van der Waals surface area contributed by atoms with Crippen molar-refractivity contribution in [3.63, 3.8) is 0 Å². The molecular formula is C22H23N3O5. The van der Waals surface area contributed by atoms with Crippen LogP contribution in [0.15, 0.2) is 45.8 Å². The number of aromatic nitrogens is 1. The minimum absolute atomic E-state index is 0.0203. The van der Waals surface area contributed by atoms with Gasteiger partial charge in [0, 0.05) is 12.7 Å². The van der Waals surface area contributed by atoms with Gasteiger partial charge in [-0.2, -0.15) is 5.26 Å². The van der Waals surface area contributed by atoms with Crippen LogP contribution in [0.2, 0.25) is 0 Å². The number of nitrogens with one attached hydrogen (secondary N) is 1. The molecule has 1 atom stereocenters. The molecule has 2 aromatic rings. The quantitative estimate of drug-likeness (QED) is 0.573. The summed E-state index contributed by atoms with van der Waals surface area (Å²) in [6.07, 6.45) is 0. The third-order valence-electron chi connectivity index (χ3n) is 5.24. The van der Waals surface area contributed by atoms with E-state index in [4.69, 9.17) is 19.9 Å². The summed E-state index contributed by atoms with van der Waals surface area (Å²) in [5, 5.41) is 10.5. The number of carbonyl (C=O) groups is 1. The van der Waals surface area contributed by atoms with Crippen LogP contribution in [-0.4, -0.2) is 31.3 Å². The maximum absolute atomic E-state index is 13.0. The highest BCUT2D eigenvalue weighted by Crippen LogP contribution is 2.39. The molecule has 0 fully saturated rings. The minimum atomic E-state index is -1.01. The molecule has 0 spiro atoms. The Balaban J connectivity index is 2.20.